The fourth-order valence-corrected chi connectivity index (χ4v) is 3.66. The molecule has 1 aliphatic rings. The van der Waals surface area contributed by atoms with E-state index < -0.39 is 16.7 Å². The van der Waals surface area contributed by atoms with Crippen molar-refractivity contribution in [2.45, 2.75) is 0 Å². The van der Waals surface area contributed by atoms with Gasteiger partial charge in [0.05, 0.1) is 9.83 Å². The third-order valence-electron chi connectivity index (χ3n) is 4.05. The summed E-state index contributed by atoms with van der Waals surface area (Å²) in [6.45, 7) is 0. The summed E-state index contributed by atoms with van der Waals surface area (Å²) in [5, 5.41) is 11.7. The topological polar surface area (TPSA) is 95.8 Å². The molecule has 2 aromatic carbocycles. The Labute approximate surface area is 176 Å². The summed E-state index contributed by atoms with van der Waals surface area (Å²) in [5.74, 6) is -1.03. The zero-order valence-corrected chi connectivity index (χ0v) is 17.1. The number of carbonyl (C=O) groups is 2. The molecule has 3 rings (SSSR count). The molecule has 148 valence electrons. The number of non-ortho nitro benzene ring substituents is 1. The summed E-state index contributed by atoms with van der Waals surface area (Å²) in [4.78, 5) is 37.5. The smallest absolute Gasteiger partial charge is 0.285 e. The van der Waals surface area contributed by atoms with Crippen LogP contribution >= 0.6 is 24.0 Å². The molecule has 0 bridgehead atoms. The number of hydrogen-bond acceptors (Lipinski definition) is 7. The lowest BCUT2D eigenvalue weighted by Gasteiger charge is -2.15. The number of thioether (sulfide) groups is 1. The SMILES string of the molecule is CN(C)c1ccc(/C=C2\SC(=S)N(NC(=O)c3ccc([N+](=O)[O-])cc3)C2=O)cc1. The maximum Gasteiger partial charge on any atom is 0.285 e. The first-order chi connectivity index (χ1) is 13.8. The number of hydrazine groups is 1. The number of anilines is 1. The Kier molecular flexibility index (Phi) is 5.95. The van der Waals surface area contributed by atoms with Gasteiger partial charge in [-0.3, -0.25) is 25.1 Å². The second-order valence-corrected chi connectivity index (χ2v) is 7.92. The van der Waals surface area contributed by atoms with Crippen LogP contribution in [-0.4, -0.2) is 40.2 Å². The number of nitrogens with zero attached hydrogens (tertiary/aromatic N) is 3. The van der Waals surface area contributed by atoms with Crippen LogP contribution in [0.2, 0.25) is 0 Å². The van der Waals surface area contributed by atoms with Crippen LogP contribution in [0, 0.1) is 10.1 Å². The number of rotatable bonds is 5. The molecule has 1 heterocycles. The van der Waals surface area contributed by atoms with E-state index in [4.69, 9.17) is 12.2 Å². The minimum Gasteiger partial charge on any atom is -0.378 e. The average Bonchev–Trinajstić information content (AvgIpc) is 2.95. The van der Waals surface area contributed by atoms with Crippen LogP contribution in [0.4, 0.5) is 11.4 Å². The molecule has 1 aliphatic heterocycles. The van der Waals surface area contributed by atoms with Gasteiger partial charge in [-0.25, -0.2) is 0 Å². The van der Waals surface area contributed by atoms with E-state index in [9.17, 15) is 19.7 Å². The van der Waals surface area contributed by atoms with Gasteiger partial charge in [-0.05, 0) is 48.1 Å². The molecule has 0 aromatic heterocycles. The minimum absolute atomic E-state index is 0.129. The molecule has 0 spiro atoms. The summed E-state index contributed by atoms with van der Waals surface area (Å²) in [6.07, 6.45) is 1.71. The molecule has 2 aromatic rings. The van der Waals surface area contributed by atoms with Crippen LogP contribution in [0.3, 0.4) is 0 Å². The minimum atomic E-state index is -0.590. The van der Waals surface area contributed by atoms with Crippen molar-refractivity contribution in [3.8, 4) is 0 Å². The first-order valence-electron chi connectivity index (χ1n) is 8.37. The van der Waals surface area contributed by atoms with Gasteiger partial charge in [-0.2, -0.15) is 5.01 Å². The summed E-state index contributed by atoms with van der Waals surface area (Å²) in [7, 11) is 3.88. The second-order valence-electron chi connectivity index (χ2n) is 6.25. The second kappa shape index (κ2) is 8.41. The molecule has 0 atom stereocenters. The first-order valence-corrected chi connectivity index (χ1v) is 9.59. The van der Waals surface area contributed by atoms with Gasteiger partial charge < -0.3 is 4.90 Å². The fourth-order valence-electron chi connectivity index (χ4n) is 2.48. The Morgan fingerprint density at radius 3 is 2.34 bits per heavy atom. The van der Waals surface area contributed by atoms with Crippen molar-refractivity contribution in [2.24, 2.45) is 0 Å². The van der Waals surface area contributed by atoms with Crippen molar-refractivity contribution in [3.63, 3.8) is 0 Å². The van der Waals surface area contributed by atoms with Crippen LogP contribution in [0.25, 0.3) is 6.08 Å². The molecule has 2 amide bonds. The normalized spacial score (nSPS) is 15.0. The predicted molar refractivity (Wildman–Crippen MR) is 116 cm³/mol. The highest BCUT2D eigenvalue weighted by Gasteiger charge is 2.33. The Hall–Kier alpha value is -3.24. The largest absolute Gasteiger partial charge is 0.378 e. The van der Waals surface area contributed by atoms with Crippen LogP contribution in [0.1, 0.15) is 15.9 Å². The van der Waals surface area contributed by atoms with E-state index in [2.05, 4.69) is 5.43 Å². The number of hydrogen-bond donors (Lipinski definition) is 1. The number of benzene rings is 2. The van der Waals surface area contributed by atoms with E-state index in [1.165, 1.54) is 24.3 Å². The zero-order valence-electron chi connectivity index (χ0n) is 15.5. The summed E-state index contributed by atoms with van der Waals surface area (Å²) in [5.41, 5.74) is 4.36. The van der Waals surface area contributed by atoms with Crippen LogP contribution in [0.15, 0.2) is 53.4 Å². The Morgan fingerprint density at radius 1 is 1.17 bits per heavy atom. The van der Waals surface area contributed by atoms with Crippen molar-refractivity contribution in [3.05, 3.63) is 74.7 Å². The van der Waals surface area contributed by atoms with Crippen molar-refractivity contribution < 1.29 is 14.5 Å². The van der Waals surface area contributed by atoms with Crippen molar-refractivity contribution in [1.29, 1.82) is 0 Å². The Bertz CT molecular complexity index is 1020. The molecule has 1 N–H and O–H groups in total. The lowest BCUT2D eigenvalue weighted by atomic mass is 10.2. The standard InChI is InChI=1S/C19H16N4O4S2/c1-21(2)14-7-3-12(4-8-14)11-16-18(25)22(19(28)29-16)20-17(24)13-5-9-15(10-6-13)23(26)27/h3-11H,1-2H3,(H,20,24)/b16-11-. The Morgan fingerprint density at radius 2 is 1.79 bits per heavy atom. The lowest BCUT2D eigenvalue weighted by Crippen LogP contribution is -2.44. The average molecular weight is 428 g/mol. The lowest BCUT2D eigenvalue weighted by molar-refractivity contribution is -0.384. The van der Waals surface area contributed by atoms with Gasteiger partial charge in [0, 0.05) is 37.5 Å². The van der Waals surface area contributed by atoms with E-state index in [1.807, 2.05) is 43.3 Å². The summed E-state index contributed by atoms with van der Waals surface area (Å²) < 4.78 is 0.196. The zero-order chi connectivity index (χ0) is 21.1. The molecule has 29 heavy (non-hydrogen) atoms. The molecule has 0 unspecified atom stereocenters. The molecule has 8 nitrogen and oxygen atoms in total. The van der Waals surface area contributed by atoms with E-state index >= 15 is 0 Å². The maximum absolute atomic E-state index is 12.6. The van der Waals surface area contributed by atoms with Crippen LogP contribution in [-0.2, 0) is 4.79 Å². The van der Waals surface area contributed by atoms with Gasteiger partial charge in [-0.1, -0.05) is 23.9 Å². The monoisotopic (exact) mass is 428 g/mol. The molecule has 1 saturated heterocycles. The number of nitrogens with one attached hydrogen (secondary N) is 1. The van der Waals surface area contributed by atoms with Crippen LogP contribution < -0.4 is 10.3 Å². The maximum atomic E-state index is 12.6. The number of thiocarbonyl (C=S) groups is 1. The quantitative estimate of drug-likeness (QED) is 0.338. The van der Waals surface area contributed by atoms with E-state index in [0.717, 1.165) is 28.0 Å². The molecule has 0 radical (unpaired) electrons. The Balaban J connectivity index is 1.73. The third kappa shape index (κ3) is 4.61. The highest BCUT2D eigenvalue weighted by atomic mass is 32.2. The van der Waals surface area contributed by atoms with Crippen molar-refractivity contribution in [2.75, 3.05) is 19.0 Å². The van der Waals surface area contributed by atoms with Gasteiger partial charge in [-0.15, -0.1) is 0 Å². The molecule has 0 saturated carbocycles. The first kappa shape index (κ1) is 20.5. The molecular formula is C19H16N4O4S2. The summed E-state index contributed by atoms with van der Waals surface area (Å²) in [6, 6.07) is 12.7. The highest BCUT2D eigenvalue weighted by molar-refractivity contribution is 8.26. The molecular weight excluding hydrogens is 412 g/mol. The van der Waals surface area contributed by atoms with Gasteiger partial charge in [0.25, 0.3) is 17.5 Å². The van der Waals surface area contributed by atoms with Crippen LogP contribution in [0.5, 0.6) is 0 Å². The molecule has 0 aliphatic carbocycles. The van der Waals surface area contributed by atoms with Gasteiger partial charge in [0.1, 0.15) is 0 Å². The predicted octanol–water partition coefficient (Wildman–Crippen LogP) is 3.21. The van der Waals surface area contributed by atoms with Gasteiger partial charge >= 0.3 is 0 Å². The van der Waals surface area contributed by atoms with Gasteiger partial charge in [0.15, 0.2) is 4.32 Å². The molecule has 10 heteroatoms. The van der Waals surface area contributed by atoms with E-state index in [1.54, 1.807) is 6.08 Å². The van der Waals surface area contributed by atoms with Gasteiger partial charge in [0.2, 0.25) is 0 Å². The number of nitro groups is 1. The fraction of sp³-hybridized carbons (Fsp3) is 0.105. The van der Waals surface area contributed by atoms with E-state index in [-0.39, 0.29) is 15.6 Å². The number of amides is 2. The van der Waals surface area contributed by atoms with E-state index in [0.29, 0.717) is 4.91 Å². The third-order valence-corrected chi connectivity index (χ3v) is 5.36. The highest BCUT2D eigenvalue weighted by Crippen LogP contribution is 2.31. The summed E-state index contributed by atoms with van der Waals surface area (Å²) >= 11 is 6.29. The van der Waals surface area contributed by atoms with Crippen molar-refractivity contribution in [1.82, 2.24) is 10.4 Å². The van der Waals surface area contributed by atoms with Crippen molar-refractivity contribution >= 4 is 57.6 Å². The molecule has 1 fully saturated rings. The number of carbonyl (C=O) groups excluding carboxylic acids is 2. The number of nitro benzene ring substituents is 1.